The molecule has 1 aromatic heterocycles. The van der Waals surface area contributed by atoms with Crippen molar-refractivity contribution in [2.45, 2.75) is 25.4 Å². The van der Waals surface area contributed by atoms with Gasteiger partial charge in [0.05, 0.1) is 32.6 Å². The lowest BCUT2D eigenvalue weighted by atomic mass is 10.0. The molecule has 1 aliphatic heterocycles. The molecule has 164 valence electrons. The third-order valence-electron chi connectivity index (χ3n) is 5.07. The molecule has 0 saturated heterocycles. The van der Waals surface area contributed by atoms with Gasteiger partial charge in [-0.25, -0.2) is 4.99 Å². The fourth-order valence-corrected chi connectivity index (χ4v) is 3.51. The molecule has 0 fully saturated rings. The van der Waals surface area contributed by atoms with Gasteiger partial charge in [0.2, 0.25) is 0 Å². The molecular weight excluding hydrogens is 505 g/mol. The van der Waals surface area contributed by atoms with Gasteiger partial charge in [0.15, 0.2) is 5.96 Å². The van der Waals surface area contributed by atoms with Crippen molar-refractivity contribution in [2.75, 3.05) is 20.3 Å². The molecule has 0 bridgehead atoms. The summed E-state index contributed by atoms with van der Waals surface area (Å²) in [7, 11) is 1.67. The van der Waals surface area contributed by atoms with E-state index in [1.54, 1.807) is 13.4 Å². The molecule has 3 aromatic rings. The SMILES string of the molecule is COc1cccc(CN=C(NCCc2ccco2)NC2CCOc3ccccc32)c1.I. The Hall–Kier alpha value is -2.68. The standard InChI is InChI=1S/C24H27N3O3.HI/c1-28-20-7-4-6-18(16-20)17-26-24(25-13-11-19-8-5-14-29-19)27-22-12-15-30-23-10-3-2-9-21(22)23;/h2-10,14,16,22H,11-13,15,17H2,1H3,(H2,25,26,27);1H. The molecule has 0 saturated carbocycles. The molecule has 1 atom stereocenters. The van der Waals surface area contributed by atoms with Gasteiger partial charge in [-0.3, -0.25) is 0 Å². The van der Waals surface area contributed by atoms with Gasteiger partial charge in [-0.15, -0.1) is 24.0 Å². The molecule has 0 amide bonds. The van der Waals surface area contributed by atoms with E-state index in [0.717, 1.165) is 53.7 Å². The van der Waals surface area contributed by atoms with E-state index in [4.69, 9.17) is 18.9 Å². The first-order valence-corrected chi connectivity index (χ1v) is 10.2. The zero-order chi connectivity index (χ0) is 20.6. The molecule has 0 aliphatic carbocycles. The van der Waals surface area contributed by atoms with Crippen molar-refractivity contribution >= 4 is 29.9 Å². The number of para-hydroxylation sites is 1. The number of hydrogen-bond acceptors (Lipinski definition) is 4. The first-order chi connectivity index (χ1) is 14.8. The highest BCUT2D eigenvalue weighted by Gasteiger charge is 2.21. The summed E-state index contributed by atoms with van der Waals surface area (Å²) in [5, 5.41) is 7.03. The minimum absolute atomic E-state index is 0. The van der Waals surface area contributed by atoms with Crippen LogP contribution < -0.4 is 20.1 Å². The summed E-state index contributed by atoms with van der Waals surface area (Å²) >= 11 is 0. The van der Waals surface area contributed by atoms with Crippen LogP contribution in [0.15, 0.2) is 76.3 Å². The zero-order valence-corrected chi connectivity index (χ0v) is 19.9. The van der Waals surface area contributed by atoms with Gasteiger partial charge in [-0.1, -0.05) is 30.3 Å². The maximum Gasteiger partial charge on any atom is 0.192 e. The Morgan fingerprint density at radius 2 is 2.03 bits per heavy atom. The minimum atomic E-state index is 0. The summed E-state index contributed by atoms with van der Waals surface area (Å²) in [5.74, 6) is 3.49. The van der Waals surface area contributed by atoms with Gasteiger partial charge >= 0.3 is 0 Å². The predicted octanol–water partition coefficient (Wildman–Crippen LogP) is 4.71. The van der Waals surface area contributed by atoms with Gasteiger partial charge in [0.1, 0.15) is 17.3 Å². The fraction of sp³-hybridized carbons (Fsp3) is 0.292. The maximum atomic E-state index is 5.79. The second-order valence-corrected chi connectivity index (χ2v) is 7.14. The first-order valence-electron chi connectivity index (χ1n) is 10.2. The van der Waals surface area contributed by atoms with E-state index in [9.17, 15) is 0 Å². The predicted molar refractivity (Wildman–Crippen MR) is 132 cm³/mol. The van der Waals surface area contributed by atoms with E-state index in [-0.39, 0.29) is 30.0 Å². The summed E-state index contributed by atoms with van der Waals surface area (Å²) in [6, 6.07) is 20.2. The minimum Gasteiger partial charge on any atom is -0.497 e. The fourth-order valence-electron chi connectivity index (χ4n) is 3.51. The number of rotatable bonds is 7. The molecular formula is C24H28IN3O3. The molecule has 31 heavy (non-hydrogen) atoms. The van der Waals surface area contributed by atoms with E-state index in [1.165, 1.54) is 0 Å². The molecule has 0 radical (unpaired) electrons. The van der Waals surface area contributed by atoms with Gasteiger partial charge < -0.3 is 24.5 Å². The Kier molecular flexibility index (Phi) is 8.63. The zero-order valence-electron chi connectivity index (χ0n) is 17.5. The summed E-state index contributed by atoms with van der Waals surface area (Å²) in [4.78, 5) is 4.82. The highest BCUT2D eigenvalue weighted by Crippen LogP contribution is 2.31. The Morgan fingerprint density at radius 3 is 2.87 bits per heavy atom. The largest absolute Gasteiger partial charge is 0.497 e. The van der Waals surface area contributed by atoms with E-state index in [0.29, 0.717) is 13.2 Å². The molecule has 2 heterocycles. The number of nitrogens with zero attached hydrogens (tertiary/aromatic N) is 1. The van der Waals surface area contributed by atoms with Crippen LogP contribution in [0.3, 0.4) is 0 Å². The average molecular weight is 533 g/mol. The molecule has 2 aromatic carbocycles. The number of halogens is 1. The van der Waals surface area contributed by atoms with Crippen molar-refractivity contribution in [1.82, 2.24) is 10.6 Å². The number of ether oxygens (including phenoxy) is 2. The van der Waals surface area contributed by atoms with E-state index < -0.39 is 0 Å². The lowest BCUT2D eigenvalue weighted by Gasteiger charge is -2.28. The van der Waals surface area contributed by atoms with Crippen LogP contribution in [0.25, 0.3) is 0 Å². The molecule has 1 unspecified atom stereocenters. The average Bonchev–Trinajstić information content (AvgIpc) is 3.31. The third-order valence-corrected chi connectivity index (χ3v) is 5.07. The quantitative estimate of drug-likeness (QED) is 0.262. The van der Waals surface area contributed by atoms with E-state index in [1.807, 2.05) is 48.5 Å². The van der Waals surface area contributed by atoms with Crippen LogP contribution in [-0.2, 0) is 13.0 Å². The van der Waals surface area contributed by atoms with Crippen molar-refractivity contribution in [2.24, 2.45) is 4.99 Å². The Balaban J connectivity index is 0.00000272. The smallest absolute Gasteiger partial charge is 0.192 e. The number of methoxy groups -OCH3 is 1. The lowest BCUT2D eigenvalue weighted by molar-refractivity contribution is 0.261. The summed E-state index contributed by atoms with van der Waals surface area (Å²) in [6.45, 7) is 1.96. The van der Waals surface area contributed by atoms with E-state index in [2.05, 4.69) is 22.8 Å². The van der Waals surface area contributed by atoms with Crippen LogP contribution in [0.2, 0.25) is 0 Å². The van der Waals surface area contributed by atoms with Gasteiger partial charge in [-0.05, 0) is 35.9 Å². The molecule has 1 aliphatic rings. The van der Waals surface area contributed by atoms with Crippen molar-refractivity contribution in [3.8, 4) is 11.5 Å². The normalized spacial score (nSPS) is 15.3. The second-order valence-electron chi connectivity index (χ2n) is 7.14. The number of guanidine groups is 1. The van der Waals surface area contributed by atoms with Crippen molar-refractivity contribution in [1.29, 1.82) is 0 Å². The van der Waals surface area contributed by atoms with Crippen LogP contribution >= 0.6 is 24.0 Å². The number of aliphatic imine (C=N–C) groups is 1. The number of nitrogens with one attached hydrogen (secondary N) is 2. The van der Waals surface area contributed by atoms with Gasteiger partial charge in [0.25, 0.3) is 0 Å². The summed E-state index contributed by atoms with van der Waals surface area (Å²) < 4.78 is 16.6. The third kappa shape index (κ3) is 6.40. The Labute approximate surface area is 200 Å². The van der Waals surface area contributed by atoms with E-state index >= 15 is 0 Å². The number of benzene rings is 2. The summed E-state index contributed by atoms with van der Waals surface area (Å²) in [6.07, 6.45) is 3.37. The Morgan fingerprint density at radius 1 is 1.13 bits per heavy atom. The first kappa shape index (κ1) is 23.0. The van der Waals surface area contributed by atoms with Crippen LogP contribution in [-0.4, -0.2) is 26.2 Å². The summed E-state index contributed by atoms with van der Waals surface area (Å²) in [5.41, 5.74) is 2.25. The highest BCUT2D eigenvalue weighted by atomic mass is 127. The molecule has 2 N–H and O–H groups in total. The van der Waals surface area contributed by atoms with Crippen molar-refractivity contribution < 1.29 is 13.9 Å². The van der Waals surface area contributed by atoms with Crippen molar-refractivity contribution in [3.63, 3.8) is 0 Å². The Bertz CT molecular complexity index is 976. The topological polar surface area (TPSA) is 68.0 Å². The number of fused-ring (bicyclic) bond motifs is 1. The molecule has 6 nitrogen and oxygen atoms in total. The monoisotopic (exact) mass is 533 g/mol. The van der Waals surface area contributed by atoms with Gasteiger partial charge in [-0.2, -0.15) is 0 Å². The molecule has 7 heteroatoms. The molecule has 4 rings (SSSR count). The van der Waals surface area contributed by atoms with Crippen LogP contribution in [0, 0.1) is 0 Å². The van der Waals surface area contributed by atoms with Crippen molar-refractivity contribution in [3.05, 3.63) is 83.8 Å². The highest BCUT2D eigenvalue weighted by molar-refractivity contribution is 14.0. The van der Waals surface area contributed by atoms with Crippen LogP contribution in [0.5, 0.6) is 11.5 Å². The lowest BCUT2D eigenvalue weighted by Crippen LogP contribution is -2.41. The number of furan rings is 1. The molecule has 0 spiro atoms. The second kappa shape index (κ2) is 11.6. The van der Waals surface area contributed by atoms with Crippen LogP contribution in [0.4, 0.5) is 0 Å². The van der Waals surface area contributed by atoms with Crippen LogP contribution in [0.1, 0.15) is 29.3 Å². The maximum absolute atomic E-state index is 5.79. The van der Waals surface area contributed by atoms with Gasteiger partial charge in [0, 0.05) is 24.9 Å². The number of hydrogen-bond donors (Lipinski definition) is 2.